The molecule has 0 aromatic heterocycles. The molecule has 4 rings (SSSR count). The average Bonchev–Trinajstić information content (AvgIpc) is 2.91. The van der Waals surface area contributed by atoms with Crippen molar-refractivity contribution in [1.29, 1.82) is 0 Å². The van der Waals surface area contributed by atoms with Crippen LogP contribution in [0.2, 0.25) is 0 Å². The number of ether oxygens (including phenoxy) is 3. The molecule has 198 valence electrons. The summed E-state index contributed by atoms with van der Waals surface area (Å²) < 4.78 is 16.4. The summed E-state index contributed by atoms with van der Waals surface area (Å²) in [7, 11) is 5.27. The second-order valence-electron chi connectivity index (χ2n) is 9.68. The van der Waals surface area contributed by atoms with E-state index in [0.717, 1.165) is 43.5 Å². The quantitative estimate of drug-likeness (QED) is 0.568. The predicted octanol–water partition coefficient (Wildman–Crippen LogP) is 4.41. The molecule has 1 saturated heterocycles. The number of piperidine rings is 1. The first-order chi connectivity index (χ1) is 17.9. The van der Waals surface area contributed by atoms with Crippen molar-refractivity contribution in [3.63, 3.8) is 0 Å². The Hall–Kier alpha value is -3.59. The molecule has 1 atom stereocenters. The highest BCUT2D eigenvalue weighted by atomic mass is 16.6. The number of hydrazone groups is 1. The molecule has 1 N–H and O–H groups in total. The van der Waals surface area contributed by atoms with E-state index in [4.69, 9.17) is 14.2 Å². The SMILES string of the molecule is CCC1(c2ccc(OC)c(OC)c2)C=NN(Cc2ccc(NC(=O)OC3CCN(C)CC3)cc2)C(=O)C1. The summed E-state index contributed by atoms with van der Waals surface area (Å²) in [6.45, 7) is 4.26. The number of anilines is 1. The number of methoxy groups -OCH3 is 2. The molecule has 0 aliphatic carbocycles. The zero-order valence-corrected chi connectivity index (χ0v) is 22.0. The van der Waals surface area contributed by atoms with Gasteiger partial charge in [-0.1, -0.05) is 25.1 Å². The fourth-order valence-electron chi connectivity index (χ4n) is 4.79. The zero-order valence-electron chi connectivity index (χ0n) is 22.0. The van der Waals surface area contributed by atoms with E-state index in [-0.39, 0.29) is 12.0 Å². The van der Waals surface area contributed by atoms with Gasteiger partial charge in [0.1, 0.15) is 6.10 Å². The topological polar surface area (TPSA) is 92.7 Å². The van der Waals surface area contributed by atoms with Crippen LogP contribution in [-0.2, 0) is 21.5 Å². The maximum Gasteiger partial charge on any atom is 0.411 e. The number of rotatable bonds is 8. The van der Waals surface area contributed by atoms with Gasteiger partial charge in [-0.15, -0.1) is 0 Å². The normalized spacial score (nSPS) is 20.5. The van der Waals surface area contributed by atoms with Crippen LogP contribution < -0.4 is 14.8 Å². The molecule has 0 bridgehead atoms. The molecule has 2 aliphatic rings. The van der Waals surface area contributed by atoms with E-state index in [9.17, 15) is 9.59 Å². The van der Waals surface area contributed by atoms with Gasteiger partial charge in [0.2, 0.25) is 5.91 Å². The van der Waals surface area contributed by atoms with Crippen molar-refractivity contribution >= 4 is 23.9 Å². The molecule has 2 heterocycles. The summed E-state index contributed by atoms with van der Waals surface area (Å²) in [6.07, 6.45) is 4.10. The Labute approximate surface area is 218 Å². The highest BCUT2D eigenvalue weighted by Gasteiger charge is 2.37. The van der Waals surface area contributed by atoms with Gasteiger partial charge in [0.05, 0.1) is 20.8 Å². The number of nitrogens with zero attached hydrogens (tertiary/aromatic N) is 3. The summed E-state index contributed by atoms with van der Waals surface area (Å²) >= 11 is 0. The predicted molar refractivity (Wildman–Crippen MR) is 142 cm³/mol. The smallest absolute Gasteiger partial charge is 0.411 e. The molecular weight excluding hydrogens is 472 g/mol. The van der Waals surface area contributed by atoms with Gasteiger partial charge < -0.3 is 19.1 Å². The van der Waals surface area contributed by atoms with Crippen LogP contribution in [0.1, 0.15) is 43.7 Å². The number of benzene rings is 2. The minimum absolute atomic E-state index is 0.0484. The van der Waals surface area contributed by atoms with Crippen LogP contribution in [0, 0.1) is 0 Å². The fraction of sp³-hybridized carbons (Fsp3) is 0.464. The van der Waals surface area contributed by atoms with Crippen LogP contribution in [0.15, 0.2) is 47.6 Å². The zero-order chi connectivity index (χ0) is 26.4. The lowest BCUT2D eigenvalue weighted by molar-refractivity contribution is -0.133. The fourth-order valence-corrected chi connectivity index (χ4v) is 4.79. The molecule has 0 saturated carbocycles. The Balaban J connectivity index is 1.37. The molecule has 2 aromatic rings. The van der Waals surface area contributed by atoms with Crippen LogP contribution in [0.25, 0.3) is 0 Å². The van der Waals surface area contributed by atoms with Crippen molar-refractivity contribution in [2.45, 2.75) is 50.7 Å². The number of nitrogens with one attached hydrogen (secondary N) is 1. The number of carbonyl (C=O) groups excluding carboxylic acids is 2. The summed E-state index contributed by atoms with van der Waals surface area (Å²) in [6, 6.07) is 13.1. The lowest BCUT2D eigenvalue weighted by Crippen LogP contribution is -2.41. The van der Waals surface area contributed by atoms with Crippen molar-refractivity contribution in [3.8, 4) is 11.5 Å². The Morgan fingerprint density at radius 2 is 1.78 bits per heavy atom. The molecule has 1 fully saturated rings. The van der Waals surface area contributed by atoms with E-state index in [2.05, 4.69) is 29.3 Å². The number of likely N-dealkylation sites (tertiary alicyclic amines) is 1. The van der Waals surface area contributed by atoms with Gasteiger partial charge in [0.25, 0.3) is 0 Å². The lowest BCUT2D eigenvalue weighted by atomic mass is 9.75. The van der Waals surface area contributed by atoms with E-state index >= 15 is 0 Å². The Morgan fingerprint density at radius 1 is 1.08 bits per heavy atom. The minimum Gasteiger partial charge on any atom is -0.493 e. The Kier molecular flexibility index (Phi) is 8.33. The highest BCUT2D eigenvalue weighted by molar-refractivity contribution is 5.89. The van der Waals surface area contributed by atoms with Crippen molar-refractivity contribution in [2.75, 3.05) is 39.7 Å². The number of hydrogen-bond acceptors (Lipinski definition) is 7. The largest absolute Gasteiger partial charge is 0.493 e. The molecule has 2 aliphatic heterocycles. The molecule has 2 aromatic carbocycles. The van der Waals surface area contributed by atoms with E-state index in [1.807, 2.05) is 48.7 Å². The van der Waals surface area contributed by atoms with Crippen LogP contribution in [-0.4, -0.2) is 68.6 Å². The molecule has 0 spiro atoms. The van der Waals surface area contributed by atoms with E-state index < -0.39 is 11.5 Å². The van der Waals surface area contributed by atoms with Gasteiger partial charge in [-0.25, -0.2) is 9.80 Å². The van der Waals surface area contributed by atoms with E-state index in [1.54, 1.807) is 14.2 Å². The highest BCUT2D eigenvalue weighted by Crippen LogP contribution is 2.38. The van der Waals surface area contributed by atoms with E-state index in [0.29, 0.717) is 30.2 Å². The average molecular weight is 509 g/mol. The molecule has 1 unspecified atom stereocenters. The lowest BCUT2D eigenvalue weighted by Gasteiger charge is -2.35. The number of amides is 2. The summed E-state index contributed by atoms with van der Waals surface area (Å²) in [5.41, 5.74) is 2.02. The summed E-state index contributed by atoms with van der Waals surface area (Å²) in [5, 5.41) is 8.82. The van der Waals surface area contributed by atoms with Gasteiger partial charge in [-0.05, 0) is 61.7 Å². The Morgan fingerprint density at radius 3 is 2.41 bits per heavy atom. The molecule has 9 heteroatoms. The summed E-state index contributed by atoms with van der Waals surface area (Å²) in [5.74, 6) is 1.22. The van der Waals surface area contributed by atoms with Crippen LogP contribution in [0.3, 0.4) is 0 Å². The third kappa shape index (κ3) is 6.22. The van der Waals surface area contributed by atoms with Gasteiger partial charge in [0, 0.05) is 36.8 Å². The maximum absolute atomic E-state index is 13.1. The number of hydrogen-bond donors (Lipinski definition) is 1. The molecule has 9 nitrogen and oxygen atoms in total. The maximum atomic E-state index is 13.1. The van der Waals surface area contributed by atoms with Gasteiger partial charge in [-0.2, -0.15) is 5.10 Å². The van der Waals surface area contributed by atoms with Gasteiger partial charge in [0.15, 0.2) is 11.5 Å². The van der Waals surface area contributed by atoms with Gasteiger partial charge >= 0.3 is 6.09 Å². The first-order valence-corrected chi connectivity index (χ1v) is 12.7. The van der Waals surface area contributed by atoms with Crippen molar-refractivity contribution < 1.29 is 23.8 Å². The monoisotopic (exact) mass is 508 g/mol. The number of carbonyl (C=O) groups is 2. The third-order valence-electron chi connectivity index (χ3n) is 7.26. The van der Waals surface area contributed by atoms with Crippen molar-refractivity contribution in [1.82, 2.24) is 9.91 Å². The molecule has 0 radical (unpaired) electrons. The van der Waals surface area contributed by atoms with Crippen LogP contribution >= 0.6 is 0 Å². The first-order valence-electron chi connectivity index (χ1n) is 12.7. The minimum atomic E-state index is -0.505. The Bertz CT molecular complexity index is 1130. The van der Waals surface area contributed by atoms with Crippen molar-refractivity contribution in [3.05, 3.63) is 53.6 Å². The van der Waals surface area contributed by atoms with Crippen LogP contribution in [0.4, 0.5) is 10.5 Å². The molecular formula is C28H36N4O5. The molecule has 37 heavy (non-hydrogen) atoms. The van der Waals surface area contributed by atoms with Crippen molar-refractivity contribution in [2.24, 2.45) is 5.10 Å². The standard InChI is InChI=1S/C28H36N4O5/c1-5-28(21-8-11-24(35-3)25(16-21)36-4)17-26(33)32(29-19-28)18-20-6-9-22(10-7-20)30-27(34)37-23-12-14-31(2)15-13-23/h6-11,16,19,23H,5,12-15,17-18H2,1-4H3,(H,30,34). The second kappa shape index (κ2) is 11.6. The molecule has 2 amide bonds. The van der Waals surface area contributed by atoms with Gasteiger partial charge in [-0.3, -0.25) is 10.1 Å². The third-order valence-corrected chi connectivity index (χ3v) is 7.26. The first kappa shape index (κ1) is 26.5. The van der Waals surface area contributed by atoms with Crippen LogP contribution in [0.5, 0.6) is 11.5 Å². The second-order valence-corrected chi connectivity index (χ2v) is 9.68. The van der Waals surface area contributed by atoms with E-state index in [1.165, 1.54) is 5.01 Å². The summed E-state index contributed by atoms with van der Waals surface area (Å²) in [4.78, 5) is 27.6.